The number of anilines is 2. The molecule has 1 aliphatic rings. The molecule has 0 aromatic heterocycles. The standard InChI is InChI=1S/C24H27F3N4O4/c1-15-5-4-6-16(2)22(15)28-21(32)14-29(3)23(33)17-9-11-30(12-10-17)19-8-7-18(24(25,26)27)13-20(19)31(34)35/h4-8,13,17H,9-12,14H2,1-3H3,(H,28,32). The molecule has 11 heteroatoms. The van der Waals surface area contributed by atoms with Gasteiger partial charge in [0, 0.05) is 37.8 Å². The third-order valence-electron chi connectivity index (χ3n) is 6.19. The largest absolute Gasteiger partial charge is 0.416 e. The number of nitrogens with one attached hydrogen (secondary N) is 1. The first-order chi connectivity index (χ1) is 16.4. The zero-order valence-corrected chi connectivity index (χ0v) is 19.7. The summed E-state index contributed by atoms with van der Waals surface area (Å²) in [6, 6.07) is 8.12. The lowest BCUT2D eigenvalue weighted by Crippen LogP contribution is -2.43. The van der Waals surface area contributed by atoms with Gasteiger partial charge in [0.2, 0.25) is 11.8 Å². The topological polar surface area (TPSA) is 95.8 Å². The summed E-state index contributed by atoms with van der Waals surface area (Å²) in [4.78, 5) is 38.9. The Kier molecular flexibility index (Phi) is 7.67. The summed E-state index contributed by atoms with van der Waals surface area (Å²) in [5, 5.41) is 14.2. The van der Waals surface area contributed by atoms with Crippen LogP contribution in [0.1, 0.15) is 29.5 Å². The van der Waals surface area contributed by atoms with Crippen LogP contribution in [0.4, 0.5) is 30.2 Å². The average molecular weight is 492 g/mol. The summed E-state index contributed by atoms with van der Waals surface area (Å²) < 4.78 is 38.9. The predicted octanol–water partition coefficient (Wildman–Crippen LogP) is 4.54. The molecule has 3 rings (SSSR count). The van der Waals surface area contributed by atoms with E-state index in [2.05, 4.69) is 5.32 Å². The maximum Gasteiger partial charge on any atom is 0.416 e. The van der Waals surface area contributed by atoms with Crippen LogP contribution in [0.25, 0.3) is 0 Å². The molecule has 0 bridgehead atoms. The maximum atomic E-state index is 13.0. The number of halogens is 3. The molecular formula is C24H27F3N4O4. The van der Waals surface area contributed by atoms with Crippen molar-refractivity contribution in [3.8, 4) is 0 Å². The number of nitro benzene ring substituents is 1. The second-order valence-corrected chi connectivity index (χ2v) is 8.73. The minimum atomic E-state index is -4.68. The molecule has 0 saturated carbocycles. The summed E-state index contributed by atoms with van der Waals surface area (Å²) in [7, 11) is 1.54. The lowest BCUT2D eigenvalue weighted by molar-refractivity contribution is -0.384. The van der Waals surface area contributed by atoms with Gasteiger partial charge in [0.05, 0.1) is 17.0 Å². The van der Waals surface area contributed by atoms with Crippen LogP contribution in [0, 0.1) is 29.9 Å². The number of para-hydroxylation sites is 1. The number of piperidine rings is 1. The zero-order valence-electron chi connectivity index (χ0n) is 19.7. The number of nitro groups is 1. The van der Waals surface area contributed by atoms with Gasteiger partial charge >= 0.3 is 6.18 Å². The second-order valence-electron chi connectivity index (χ2n) is 8.73. The molecule has 8 nitrogen and oxygen atoms in total. The van der Waals surface area contributed by atoms with Crippen LogP contribution in [0.2, 0.25) is 0 Å². The third-order valence-corrected chi connectivity index (χ3v) is 6.19. The number of likely N-dealkylation sites (N-methyl/N-ethyl adjacent to an activating group) is 1. The average Bonchev–Trinajstić information content (AvgIpc) is 2.80. The van der Waals surface area contributed by atoms with Crippen LogP contribution in [-0.4, -0.2) is 48.3 Å². The number of carbonyl (C=O) groups is 2. The summed E-state index contributed by atoms with van der Waals surface area (Å²) in [5.41, 5.74) is 0.929. The van der Waals surface area contributed by atoms with Gasteiger partial charge in [0.25, 0.3) is 5.69 Å². The molecule has 0 unspecified atom stereocenters. The highest BCUT2D eigenvalue weighted by Crippen LogP contribution is 2.37. The molecule has 2 aromatic carbocycles. The zero-order chi connectivity index (χ0) is 25.9. The van der Waals surface area contributed by atoms with Crippen LogP contribution in [-0.2, 0) is 15.8 Å². The van der Waals surface area contributed by atoms with Crippen LogP contribution < -0.4 is 10.2 Å². The van der Waals surface area contributed by atoms with Crippen molar-refractivity contribution in [1.29, 1.82) is 0 Å². The third kappa shape index (κ3) is 6.09. The maximum absolute atomic E-state index is 13.0. The second kappa shape index (κ2) is 10.3. The first kappa shape index (κ1) is 26.0. The molecule has 1 saturated heterocycles. The van der Waals surface area contributed by atoms with Crippen LogP contribution in [0.15, 0.2) is 36.4 Å². The molecule has 1 N–H and O–H groups in total. The van der Waals surface area contributed by atoms with E-state index in [-0.39, 0.29) is 37.1 Å². The van der Waals surface area contributed by atoms with Crippen molar-refractivity contribution >= 4 is 28.9 Å². The van der Waals surface area contributed by atoms with Crippen molar-refractivity contribution in [1.82, 2.24) is 4.90 Å². The number of nitrogens with zero attached hydrogens (tertiary/aromatic N) is 3. The number of amides is 2. The van der Waals surface area contributed by atoms with Gasteiger partial charge in [-0.2, -0.15) is 13.2 Å². The lowest BCUT2D eigenvalue weighted by Gasteiger charge is -2.34. The molecule has 0 aliphatic carbocycles. The number of aryl methyl sites for hydroxylation is 2. The molecule has 188 valence electrons. The van der Waals surface area contributed by atoms with Gasteiger partial charge in [0.1, 0.15) is 5.69 Å². The summed E-state index contributed by atoms with van der Waals surface area (Å²) in [6.07, 6.45) is -3.96. The molecule has 2 amide bonds. The van der Waals surface area contributed by atoms with E-state index in [0.29, 0.717) is 24.6 Å². The first-order valence-corrected chi connectivity index (χ1v) is 11.1. The first-order valence-electron chi connectivity index (χ1n) is 11.1. The van der Waals surface area contributed by atoms with Crippen molar-refractivity contribution in [3.05, 3.63) is 63.2 Å². The van der Waals surface area contributed by atoms with Gasteiger partial charge in [-0.05, 0) is 49.9 Å². The molecule has 1 fully saturated rings. The summed E-state index contributed by atoms with van der Waals surface area (Å²) in [5.74, 6) is -0.933. The van der Waals surface area contributed by atoms with E-state index in [1.165, 1.54) is 4.90 Å². The van der Waals surface area contributed by atoms with Crippen molar-refractivity contribution in [2.45, 2.75) is 32.9 Å². The van der Waals surface area contributed by atoms with E-state index in [9.17, 15) is 32.9 Å². The highest BCUT2D eigenvalue weighted by molar-refractivity contribution is 5.96. The van der Waals surface area contributed by atoms with Crippen LogP contribution in [0.3, 0.4) is 0 Å². The van der Waals surface area contributed by atoms with Crippen molar-refractivity contribution < 1.29 is 27.7 Å². The fraction of sp³-hybridized carbons (Fsp3) is 0.417. The Morgan fingerprint density at radius 3 is 2.29 bits per heavy atom. The number of hydrogen-bond acceptors (Lipinski definition) is 5. The Morgan fingerprint density at radius 2 is 1.74 bits per heavy atom. The number of alkyl halides is 3. The van der Waals surface area contributed by atoms with Gasteiger partial charge in [-0.25, -0.2) is 0 Å². The highest BCUT2D eigenvalue weighted by atomic mass is 19.4. The van der Waals surface area contributed by atoms with E-state index in [4.69, 9.17) is 0 Å². The van der Waals surface area contributed by atoms with Gasteiger partial charge in [-0.1, -0.05) is 18.2 Å². The van der Waals surface area contributed by atoms with Gasteiger partial charge in [0.15, 0.2) is 0 Å². The predicted molar refractivity (Wildman–Crippen MR) is 125 cm³/mol. The Labute approximate surface area is 200 Å². The quantitative estimate of drug-likeness (QED) is 0.472. The van der Waals surface area contributed by atoms with Gasteiger partial charge in [-0.3, -0.25) is 19.7 Å². The Balaban J connectivity index is 1.61. The molecular weight excluding hydrogens is 465 g/mol. The molecule has 1 heterocycles. The molecule has 0 radical (unpaired) electrons. The minimum Gasteiger partial charge on any atom is -0.366 e. The molecule has 35 heavy (non-hydrogen) atoms. The van der Waals surface area contributed by atoms with Gasteiger partial charge < -0.3 is 15.1 Å². The van der Waals surface area contributed by atoms with E-state index >= 15 is 0 Å². The van der Waals surface area contributed by atoms with E-state index < -0.39 is 28.3 Å². The van der Waals surface area contributed by atoms with E-state index in [1.807, 2.05) is 32.0 Å². The van der Waals surface area contributed by atoms with Crippen molar-refractivity contribution in [2.75, 3.05) is 36.9 Å². The number of hydrogen-bond donors (Lipinski definition) is 1. The minimum absolute atomic E-state index is 0.0928. The fourth-order valence-corrected chi connectivity index (χ4v) is 4.28. The Hall–Kier alpha value is -3.63. The Bertz CT molecular complexity index is 1110. The van der Waals surface area contributed by atoms with E-state index in [1.54, 1.807) is 11.9 Å². The van der Waals surface area contributed by atoms with E-state index in [0.717, 1.165) is 23.3 Å². The molecule has 1 aliphatic heterocycles. The van der Waals surface area contributed by atoms with Crippen LogP contribution >= 0.6 is 0 Å². The number of benzene rings is 2. The Morgan fingerprint density at radius 1 is 1.14 bits per heavy atom. The lowest BCUT2D eigenvalue weighted by atomic mass is 9.94. The normalized spacial score (nSPS) is 14.5. The fourth-order valence-electron chi connectivity index (χ4n) is 4.28. The highest BCUT2D eigenvalue weighted by Gasteiger charge is 2.35. The molecule has 0 atom stereocenters. The SMILES string of the molecule is Cc1cccc(C)c1NC(=O)CN(C)C(=O)C1CCN(c2ccc(C(F)(F)F)cc2[N+](=O)[O-])CC1. The van der Waals surface area contributed by atoms with Crippen molar-refractivity contribution in [2.24, 2.45) is 5.92 Å². The molecule has 0 spiro atoms. The molecule has 2 aromatic rings. The summed E-state index contributed by atoms with van der Waals surface area (Å²) in [6.45, 7) is 4.17. The summed E-state index contributed by atoms with van der Waals surface area (Å²) >= 11 is 0. The number of rotatable bonds is 6. The monoisotopic (exact) mass is 492 g/mol. The van der Waals surface area contributed by atoms with Crippen LogP contribution in [0.5, 0.6) is 0 Å². The van der Waals surface area contributed by atoms with Crippen molar-refractivity contribution in [3.63, 3.8) is 0 Å². The number of carbonyl (C=O) groups excluding carboxylic acids is 2. The van der Waals surface area contributed by atoms with Gasteiger partial charge in [-0.15, -0.1) is 0 Å². The smallest absolute Gasteiger partial charge is 0.366 e.